The summed E-state index contributed by atoms with van der Waals surface area (Å²) < 4.78 is 11.0. The van der Waals surface area contributed by atoms with E-state index in [9.17, 15) is 0 Å². The van der Waals surface area contributed by atoms with Crippen LogP contribution in [0.25, 0.3) is 32.7 Å². The number of rotatable bonds is 3. The van der Waals surface area contributed by atoms with Crippen molar-refractivity contribution in [3.63, 3.8) is 0 Å². The maximum Gasteiger partial charge on any atom is 0.127 e. The summed E-state index contributed by atoms with van der Waals surface area (Å²) >= 11 is 0. The lowest BCUT2D eigenvalue weighted by atomic mass is 9.95. The second kappa shape index (κ2) is 5.89. The fourth-order valence-electron chi connectivity index (χ4n) is 3.22. The van der Waals surface area contributed by atoms with Gasteiger partial charge in [-0.2, -0.15) is 0 Å². The van der Waals surface area contributed by atoms with E-state index in [2.05, 4.69) is 60.7 Å². The van der Waals surface area contributed by atoms with E-state index in [1.165, 1.54) is 21.7 Å². The molecule has 118 valence electrons. The molecule has 0 saturated heterocycles. The molecule has 0 aliphatic carbocycles. The number of hydrogen-bond acceptors (Lipinski definition) is 2. The molecule has 0 amide bonds. The van der Waals surface area contributed by atoms with Gasteiger partial charge in [-0.3, -0.25) is 0 Å². The molecule has 0 radical (unpaired) electrons. The quantitative estimate of drug-likeness (QED) is 0.484. The minimum atomic E-state index is 0.850. The third-order valence-electron chi connectivity index (χ3n) is 4.45. The molecule has 0 atom stereocenters. The maximum atomic E-state index is 5.69. The molecule has 0 fully saturated rings. The van der Waals surface area contributed by atoms with E-state index < -0.39 is 0 Å². The van der Waals surface area contributed by atoms with E-state index in [-0.39, 0.29) is 0 Å². The molecule has 0 spiro atoms. The molecule has 4 aromatic rings. The average molecular weight is 314 g/mol. The Morgan fingerprint density at radius 1 is 0.583 bits per heavy atom. The van der Waals surface area contributed by atoms with Crippen LogP contribution < -0.4 is 9.47 Å². The Hall–Kier alpha value is -3.00. The molecule has 0 saturated carbocycles. The number of methoxy groups -OCH3 is 2. The van der Waals surface area contributed by atoms with Crippen molar-refractivity contribution in [2.75, 3.05) is 14.2 Å². The maximum absolute atomic E-state index is 5.69. The normalized spacial score (nSPS) is 10.9. The van der Waals surface area contributed by atoms with Gasteiger partial charge in [-0.1, -0.05) is 48.5 Å². The minimum absolute atomic E-state index is 0.850. The highest BCUT2D eigenvalue weighted by atomic mass is 16.5. The first-order chi connectivity index (χ1) is 11.8. The van der Waals surface area contributed by atoms with Gasteiger partial charge in [0.05, 0.1) is 14.2 Å². The number of hydrogen-bond donors (Lipinski definition) is 0. The van der Waals surface area contributed by atoms with Crippen LogP contribution in [0.4, 0.5) is 0 Å². The fourth-order valence-corrected chi connectivity index (χ4v) is 3.22. The highest BCUT2D eigenvalue weighted by Crippen LogP contribution is 2.38. The molecule has 0 aromatic heterocycles. The van der Waals surface area contributed by atoms with E-state index in [1.807, 2.05) is 12.1 Å². The van der Waals surface area contributed by atoms with Crippen molar-refractivity contribution in [3.05, 3.63) is 72.8 Å². The Morgan fingerprint density at radius 3 is 2.25 bits per heavy atom. The summed E-state index contributed by atoms with van der Waals surface area (Å²) in [4.78, 5) is 0. The van der Waals surface area contributed by atoms with Gasteiger partial charge in [0.1, 0.15) is 11.5 Å². The Labute approximate surface area is 141 Å². The van der Waals surface area contributed by atoms with Crippen LogP contribution >= 0.6 is 0 Å². The molecule has 0 unspecified atom stereocenters. The van der Waals surface area contributed by atoms with Crippen molar-refractivity contribution in [3.8, 4) is 22.6 Å². The first-order valence-electron chi connectivity index (χ1n) is 7.94. The summed E-state index contributed by atoms with van der Waals surface area (Å²) in [7, 11) is 3.40. The van der Waals surface area contributed by atoms with Crippen LogP contribution in [0, 0.1) is 0 Å². The summed E-state index contributed by atoms with van der Waals surface area (Å²) in [6.07, 6.45) is 0. The number of benzene rings is 4. The number of ether oxygens (including phenoxy) is 2. The van der Waals surface area contributed by atoms with Gasteiger partial charge in [0.2, 0.25) is 0 Å². The van der Waals surface area contributed by atoms with Gasteiger partial charge < -0.3 is 9.47 Å². The van der Waals surface area contributed by atoms with Gasteiger partial charge in [-0.05, 0) is 51.4 Å². The Bertz CT molecular complexity index is 1030. The lowest BCUT2D eigenvalue weighted by Crippen LogP contribution is -1.90. The van der Waals surface area contributed by atoms with Crippen LogP contribution in [0.2, 0.25) is 0 Å². The predicted molar refractivity (Wildman–Crippen MR) is 100.0 cm³/mol. The smallest absolute Gasteiger partial charge is 0.127 e. The SMILES string of the molecule is COc1ccc2cc(-c3cccc4ccccc34)c(OC)cc2c1. The zero-order valence-corrected chi connectivity index (χ0v) is 13.7. The van der Waals surface area contributed by atoms with Gasteiger partial charge in [0, 0.05) is 5.56 Å². The van der Waals surface area contributed by atoms with Crippen molar-refractivity contribution in [1.29, 1.82) is 0 Å². The highest BCUT2D eigenvalue weighted by Gasteiger charge is 2.11. The van der Waals surface area contributed by atoms with E-state index in [1.54, 1.807) is 14.2 Å². The Morgan fingerprint density at radius 2 is 1.42 bits per heavy atom. The molecule has 2 heteroatoms. The number of fused-ring (bicyclic) bond motifs is 2. The molecule has 0 aliphatic rings. The molecular weight excluding hydrogens is 296 g/mol. The van der Waals surface area contributed by atoms with Gasteiger partial charge in [0.25, 0.3) is 0 Å². The second-order valence-corrected chi connectivity index (χ2v) is 5.79. The predicted octanol–water partition coefficient (Wildman–Crippen LogP) is 5.68. The van der Waals surface area contributed by atoms with Crippen LogP contribution in [0.5, 0.6) is 11.5 Å². The van der Waals surface area contributed by atoms with E-state index in [0.29, 0.717) is 0 Å². The van der Waals surface area contributed by atoms with Gasteiger partial charge in [0.15, 0.2) is 0 Å². The van der Waals surface area contributed by atoms with Crippen molar-refractivity contribution in [2.45, 2.75) is 0 Å². The molecule has 4 rings (SSSR count). The van der Waals surface area contributed by atoms with Crippen molar-refractivity contribution in [2.24, 2.45) is 0 Å². The largest absolute Gasteiger partial charge is 0.497 e. The molecular formula is C22H18O2. The second-order valence-electron chi connectivity index (χ2n) is 5.79. The van der Waals surface area contributed by atoms with Gasteiger partial charge >= 0.3 is 0 Å². The Balaban J connectivity index is 2.01. The van der Waals surface area contributed by atoms with Crippen LogP contribution in [0.3, 0.4) is 0 Å². The molecule has 2 nitrogen and oxygen atoms in total. The third-order valence-corrected chi connectivity index (χ3v) is 4.45. The molecule has 24 heavy (non-hydrogen) atoms. The van der Waals surface area contributed by atoms with Crippen LogP contribution in [0.1, 0.15) is 0 Å². The molecule has 0 heterocycles. The lowest BCUT2D eigenvalue weighted by molar-refractivity contribution is 0.414. The van der Waals surface area contributed by atoms with E-state index in [4.69, 9.17) is 9.47 Å². The molecule has 4 aromatic carbocycles. The third kappa shape index (κ3) is 2.37. The first-order valence-corrected chi connectivity index (χ1v) is 7.94. The molecule has 0 bridgehead atoms. The Kier molecular flexibility index (Phi) is 3.58. The molecule has 0 N–H and O–H groups in total. The average Bonchev–Trinajstić information content (AvgIpc) is 2.66. The van der Waals surface area contributed by atoms with Crippen LogP contribution in [-0.4, -0.2) is 14.2 Å². The van der Waals surface area contributed by atoms with Crippen LogP contribution in [0.15, 0.2) is 72.8 Å². The van der Waals surface area contributed by atoms with Gasteiger partial charge in [-0.15, -0.1) is 0 Å². The summed E-state index contributed by atoms with van der Waals surface area (Å²) in [5.41, 5.74) is 2.29. The van der Waals surface area contributed by atoms with E-state index in [0.717, 1.165) is 22.4 Å². The highest BCUT2D eigenvalue weighted by molar-refractivity contribution is 6.01. The molecule has 0 aliphatic heterocycles. The van der Waals surface area contributed by atoms with Crippen molar-refractivity contribution < 1.29 is 9.47 Å². The van der Waals surface area contributed by atoms with E-state index >= 15 is 0 Å². The zero-order chi connectivity index (χ0) is 16.5. The first kappa shape index (κ1) is 14.6. The monoisotopic (exact) mass is 314 g/mol. The summed E-state index contributed by atoms with van der Waals surface area (Å²) in [5.74, 6) is 1.72. The van der Waals surface area contributed by atoms with Crippen LogP contribution in [-0.2, 0) is 0 Å². The van der Waals surface area contributed by atoms with Crippen molar-refractivity contribution in [1.82, 2.24) is 0 Å². The topological polar surface area (TPSA) is 18.5 Å². The lowest BCUT2D eigenvalue weighted by Gasteiger charge is -2.13. The minimum Gasteiger partial charge on any atom is -0.497 e. The zero-order valence-electron chi connectivity index (χ0n) is 13.7. The fraction of sp³-hybridized carbons (Fsp3) is 0.0909. The summed E-state index contributed by atoms with van der Waals surface area (Å²) in [6.45, 7) is 0. The summed E-state index contributed by atoms with van der Waals surface area (Å²) in [5, 5.41) is 4.73. The summed E-state index contributed by atoms with van der Waals surface area (Å²) in [6, 6.07) is 25.2. The van der Waals surface area contributed by atoms with Crippen molar-refractivity contribution >= 4 is 21.5 Å². The van der Waals surface area contributed by atoms with Gasteiger partial charge in [-0.25, -0.2) is 0 Å². The standard InChI is InChI=1S/C22H18O2/c1-23-18-11-10-16-13-21(22(24-2)14-17(16)12-18)20-9-5-7-15-6-3-4-8-19(15)20/h3-14H,1-2H3.